The van der Waals surface area contributed by atoms with Crippen LogP contribution in [0.2, 0.25) is 0 Å². The van der Waals surface area contributed by atoms with Crippen LogP contribution in [-0.4, -0.2) is 25.2 Å². The molecule has 0 aliphatic heterocycles. The molecular formula is C16H17NO3. The lowest BCUT2D eigenvalue weighted by Crippen LogP contribution is -2.45. The number of nitrogens with one attached hydrogen (secondary N) is 1. The van der Waals surface area contributed by atoms with Gasteiger partial charge in [-0.3, -0.25) is 4.79 Å². The van der Waals surface area contributed by atoms with Crippen molar-refractivity contribution in [2.75, 3.05) is 13.7 Å². The van der Waals surface area contributed by atoms with E-state index in [0.29, 0.717) is 12.3 Å². The minimum absolute atomic E-state index is 0.206. The highest BCUT2D eigenvalue weighted by Crippen LogP contribution is 2.32. The second-order valence-electron chi connectivity index (χ2n) is 5.17. The first-order valence-corrected chi connectivity index (χ1v) is 6.66. The zero-order valence-electron chi connectivity index (χ0n) is 11.4. The second-order valence-corrected chi connectivity index (χ2v) is 5.17. The first kappa shape index (κ1) is 12.9. The lowest BCUT2D eigenvalue weighted by molar-refractivity contribution is -0.0000203. The highest BCUT2D eigenvalue weighted by atomic mass is 16.5. The summed E-state index contributed by atoms with van der Waals surface area (Å²) >= 11 is 0. The molecule has 1 aliphatic carbocycles. The highest BCUT2D eigenvalue weighted by Gasteiger charge is 2.37. The average molecular weight is 271 g/mol. The lowest BCUT2D eigenvalue weighted by Gasteiger charge is -2.27. The Morgan fingerprint density at radius 3 is 2.50 bits per heavy atom. The number of rotatable bonds is 4. The molecule has 4 heteroatoms. The van der Waals surface area contributed by atoms with E-state index < -0.39 is 0 Å². The molecule has 0 fully saturated rings. The molecule has 3 rings (SSSR count). The number of hydrogen-bond acceptors (Lipinski definition) is 3. The van der Waals surface area contributed by atoms with Crippen molar-refractivity contribution in [1.29, 1.82) is 0 Å². The summed E-state index contributed by atoms with van der Waals surface area (Å²) in [5.41, 5.74) is 2.23. The number of hydrogen-bond donors (Lipinski definition) is 1. The van der Waals surface area contributed by atoms with Crippen LogP contribution in [-0.2, 0) is 17.6 Å². The van der Waals surface area contributed by atoms with Crippen LogP contribution in [0.3, 0.4) is 0 Å². The molecule has 0 atom stereocenters. The Hall–Kier alpha value is -2.07. The Labute approximate surface area is 117 Å². The van der Waals surface area contributed by atoms with E-state index in [1.807, 2.05) is 12.1 Å². The molecule has 1 aliphatic rings. The van der Waals surface area contributed by atoms with Gasteiger partial charge in [0.2, 0.25) is 0 Å². The molecule has 0 bridgehead atoms. The van der Waals surface area contributed by atoms with Crippen molar-refractivity contribution in [3.63, 3.8) is 0 Å². The van der Waals surface area contributed by atoms with E-state index in [1.165, 1.54) is 17.4 Å². The number of furan rings is 1. The predicted octanol–water partition coefficient (Wildman–Crippen LogP) is 2.19. The molecule has 20 heavy (non-hydrogen) atoms. The van der Waals surface area contributed by atoms with Gasteiger partial charge < -0.3 is 14.5 Å². The van der Waals surface area contributed by atoms with E-state index in [-0.39, 0.29) is 11.5 Å². The topological polar surface area (TPSA) is 51.5 Å². The Bertz CT molecular complexity index is 579. The van der Waals surface area contributed by atoms with Crippen molar-refractivity contribution >= 4 is 5.91 Å². The van der Waals surface area contributed by atoms with Gasteiger partial charge in [-0.05, 0) is 23.3 Å². The SMILES string of the molecule is COC1(CNC(=O)c2ccco2)Cc2ccccc2C1. The molecule has 0 spiro atoms. The van der Waals surface area contributed by atoms with E-state index in [0.717, 1.165) is 12.8 Å². The molecule has 0 unspecified atom stereocenters. The number of ether oxygens (including phenoxy) is 1. The fourth-order valence-corrected chi connectivity index (χ4v) is 2.74. The van der Waals surface area contributed by atoms with Gasteiger partial charge in [-0.1, -0.05) is 24.3 Å². The van der Waals surface area contributed by atoms with Crippen LogP contribution in [0.4, 0.5) is 0 Å². The quantitative estimate of drug-likeness (QED) is 0.927. The first-order chi connectivity index (χ1) is 9.72. The summed E-state index contributed by atoms with van der Waals surface area (Å²) in [5, 5.41) is 2.90. The van der Waals surface area contributed by atoms with Gasteiger partial charge in [-0.25, -0.2) is 0 Å². The fraction of sp³-hybridized carbons (Fsp3) is 0.312. The Morgan fingerprint density at radius 1 is 1.25 bits per heavy atom. The molecule has 1 heterocycles. The Kier molecular flexibility index (Phi) is 3.32. The smallest absolute Gasteiger partial charge is 0.287 e. The van der Waals surface area contributed by atoms with Crippen LogP contribution in [0.5, 0.6) is 0 Å². The van der Waals surface area contributed by atoms with Gasteiger partial charge in [0, 0.05) is 26.5 Å². The lowest BCUT2D eigenvalue weighted by atomic mass is 10.00. The van der Waals surface area contributed by atoms with Crippen molar-refractivity contribution in [2.45, 2.75) is 18.4 Å². The monoisotopic (exact) mass is 271 g/mol. The number of carbonyl (C=O) groups is 1. The molecule has 1 N–H and O–H groups in total. The van der Waals surface area contributed by atoms with Crippen LogP contribution in [0, 0.1) is 0 Å². The van der Waals surface area contributed by atoms with Gasteiger partial charge >= 0.3 is 0 Å². The zero-order valence-corrected chi connectivity index (χ0v) is 11.4. The van der Waals surface area contributed by atoms with Crippen molar-refractivity contribution in [1.82, 2.24) is 5.32 Å². The van der Waals surface area contributed by atoms with Gasteiger partial charge in [-0.2, -0.15) is 0 Å². The van der Waals surface area contributed by atoms with Crippen molar-refractivity contribution in [3.05, 3.63) is 59.5 Å². The van der Waals surface area contributed by atoms with Crippen LogP contribution < -0.4 is 5.32 Å². The third kappa shape index (κ3) is 2.34. The minimum atomic E-state index is -0.355. The highest BCUT2D eigenvalue weighted by molar-refractivity contribution is 5.91. The average Bonchev–Trinajstić information content (AvgIpc) is 3.12. The molecule has 1 amide bonds. The number of fused-ring (bicyclic) bond motifs is 1. The van der Waals surface area contributed by atoms with E-state index >= 15 is 0 Å². The van der Waals surface area contributed by atoms with Crippen molar-refractivity contribution in [3.8, 4) is 0 Å². The third-order valence-electron chi connectivity index (χ3n) is 3.89. The Balaban J connectivity index is 1.69. The normalized spacial score (nSPS) is 15.8. The number of methoxy groups -OCH3 is 1. The van der Waals surface area contributed by atoms with E-state index in [9.17, 15) is 4.79 Å². The summed E-state index contributed by atoms with van der Waals surface area (Å²) in [7, 11) is 1.70. The zero-order chi connectivity index (χ0) is 14.0. The van der Waals surface area contributed by atoms with Gasteiger partial charge in [0.05, 0.1) is 11.9 Å². The standard InChI is InChI=1S/C16H17NO3/c1-19-16(9-12-5-2-3-6-13(12)10-16)11-17-15(18)14-7-4-8-20-14/h2-8H,9-11H2,1H3,(H,17,18). The summed E-state index contributed by atoms with van der Waals surface area (Å²) in [6, 6.07) is 11.7. The van der Waals surface area contributed by atoms with Gasteiger partial charge in [-0.15, -0.1) is 0 Å². The molecular weight excluding hydrogens is 254 g/mol. The van der Waals surface area contributed by atoms with Gasteiger partial charge in [0.25, 0.3) is 5.91 Å². The van der Waals surface area contributed by atoms with E-state index in [4.69, 9.17) is 9.15 Å². The molecule has 0 saturated heterocycles. The summed E-state index contributed by atoms with van der Waals surface area (Å²) in [6.07, 6.45) is 3.13. The molecule has 104 valence electrons. The summed E-state index contributed by atoms with van der Waals surface area (Å²) in [5.74, 6) is 0.120. The third-order valence-corrected chi connectivity index (χ3v) is 3.89. The predicted molar refractivity (Wildman–Crippen MR) is 74.6 cm³/mol. The molecule has 0 saturated carbocycles. The van der Waals surface area contributed by atoms with Crippen LogP contribution in [0.25, 0.3) is 0 Å². The molecule has 2 aromatic rings. The van der Waals surface area contributed by atoms with Crippen LogP contribution >= 0.6 is 0 Å². The maximum atomic E-state index is 11.9. The van der Waals surface area contributed by atoms with Gasteiger partial charge in [0.1, 0.15) is 0 Å². The second kappa shape index (κ2) is 5.13. The molecule has 4 nitrogen and oxygen atoms in total. The molecule has 0 radical (unpaired) electrons. The maximum absolute atomic E-state index is 11.9. The van der Waals surface area contributed by atoms with Crippen molar-refractivity contribution in [2.24, 2.45) is 0 Å². The number of amides is 1. The fourth-order valence-electron chi connectivity index (χ4n) is 2.74. The number of benzene rings is 1. The van der Waals surface area contributed by atoms with Crippen LogP contribution in [0.1, 0.15) is 21.7 Å². The van der Waals surface area contributed by atoms with E-state index in [1.54, 1.807) is 19.2 Å². The Morgan fingerprint density at radius 2 is 1.95 bits per heavy atom. The maximum Gasteiger partial charge on any atom is 0.287 e. The molecule has 1 aromatic carbocycles. The minimum Gasteiger partial charge on any atom is -0.459 e. The summed E-state index contributed by atoms with van der Waals surface area (Å²) in [6.45, 7) is 0.470. The molecule has 1 aromatic heterocycles. The van der Waals surface area contributed by atoms with Gasteiger partial charge in [0.15, 0.2) is 5.76 Å². The largest absolute Gasteiger partial charge is 0.459 e. The number of carbonyl (C=O) groups excluding carboxylic acids is 1. The summed E-state index contributed by atoms with van der Waals surface area (Å²) < 4.78 is 10.8. The van der Waals surface area contributed by atoms with Crippen LogP contribution in [0.15, 0.2) is 47.1 Å². The van der Waals surface area contributed by atoms with Crippen molar-refractivity contribution < 1.29 is 13.9 Å². The van der Waals surface area contributed by atoms with E-state index in [2.05, 4.69) is 17.4 Å². The summed E-state index contributed by atoms with van der Waals surface area (Å²) in [4.78, 5) is 11.9. The first-order valence-electron chi connectivity index (χ1n) is 6.66.